The van der Waals surface area contributed by atoms with E-state index >= 15 is 0 Å². The second-order valence-electron chi connectivity index (χ2n) is 3.25. The van der Waals surface area contributed by atoms with Crippen LogP contribution in [-0.4, -0.2) is 20.7 Å². The van der Waals surface area contributed by atoms with Crippen LogP contribution >= 0.6 is 0 Å². The van der Waals surface area contributed by atoms with Crippen LogP contribution < -0.4 is 5.73 Å². The first-order valence-corrected chi connectivity index (χ1v) is 5.82. The Balaban J connectivity index is 2.64. The van der Waals surface area contributed by atoms with Gasteiger partial charge in [-0.1, -0.05) is 18.2 Å². The van der Waals surface area contributed by atoms with Crippen LogP contribution in [0.4, 0.5) is 0 Å². The molecule has 0 unspecified atom stereocenters. The molecule has 0 saturated heterocycles. The molecule has 0 spiro atoms. The van der Waals surface area contributed by atoms with Crippen molar-refractivity contribution in [3.63, 3.8) is 0 Å². The number of sulfone groups is 1. The maximum atomic E-state index is 11.6. The smallest absolute Gasteiger partial charge is 0.179 e. The zero-order valence-electron chi connectivity index (χ0n) is 7.10. The summed E-state index contributed by atoms with van der Waals surface area (Å²) in [5.74, 6) is 0.157. The zero-order valence-corrected chi connectivity index (χ0v) is 7.92. The van der Waals surface area contributed by atoms with E-state index in [1.165, 1.54) is 0 Å². The molecule has 4 heteroatoms. The van der Waals surface area contributed by atoms with Crippen molar-refractivity contribution in [3.05, 3.63) is 29.8 Å². The summed E-state index contributed by atoms with van der Waals surface area (Å²) >= 11 is 0. The van der Waals surface area contributed by atoms with Crippen molar-refractivity contribution in [1.82, 2.24) is 0 Å². The van der Waals surface area contributed by atoms with Crippen LogP contribution in [0.3, 0.4) is 0 Å². The summed E-state index contributed by atoms with van der Waals surface area (Å²) in [6.45, 7) is 0.399. The molecule has 1 heterocycles. The van der Waals surface area contributed by atoms with Gasteiger partial charge in [0.25, 0.3) is 0 Å². The zero-order chi connectivity index (χ0) is 9.47. The van der Waals surface area contributed by atoms with E-state index in [1.807, 2.05) is 12.1 Å². The summed E-state index contributed by atoms with van der Waals surface area (Å²) in [5, 5.41) is 0. The lowest BCUT2D eigenvalue weighted by atomic mass is 10.0. The average Bonchev–Trinajstić information content (AvgIpc) is 2.39. The molecular formula is C9H11NO2S. The summed E-state index contributed by atoms with van der Waals surface area (Å²) in [6.07, 6.45) is 0. The maximum absolute atomic E-state index is 11.6. The van der Waals surface area contributed by atoms with E-state index in [9.17, 15) is 8.42 Å². The van der Waals surface area contributed by atoms with Gasteiger partial charge in [-0.3, -0.25) is 0 Å². The molecule has 2 rings (SSSR count). The van der Waals surface area contributed by atoms with E-state index < -0.39 is 9.84 Å². The van der Waals surface area contributed by atoms with E-state index in [0.717, 1.165) is 5.56 Å². The summed E-state index contributed by atoms with van der Waals surface area (Å²) in [7, 11) is -3.05. The lowest BCUT2D eigenvalue weighted by Crippen LogP contribution is -2.14. The SMILES string of the molecule is NC[C@@H]1CS(=O)(=O)c2ccccc21. The molecule has 1 aliphatic rings. The van der Waals surface area contributed by atoms with Gasteiger partial charge in [0.2, 0.25) is 0 Å². The molecule has 3 nitrogen and oxygen atoms in total. The molecule has 13 heavy (non-hydrogen) atoms. The van der Waals surface area contributed by atoms with E-state index in [1.54, 1.807) is 12.1 Å². The molecule has 70 valence electrons. The van der Waals surface area contributed by atoms with E-state index in [2.05, 4.69) is 0 Å². The first-order valence-electron chi connectivity index (χ1n) is 4.17. The van der Waals surface area contributed by atoms with Gasteiger partial charge in [-0.25, -0.2) is 8.42 Å². The molecule has 0 bridgehead atoms. The Hall–Kier alpha value is -0.870. The van der Waals surface area contributed by atoms with Gasteiger partial charge in [-0.05, 0) is 11.6 Å². The van der Waals surface area contributed by atoms with Crippen LogP contribution in [0.2, 0.25) is 0 Å². The Kier molecular flexibility index (Phi) is 1.89. The van der Waals surface area contributed by atoms with Gasteiger partial charge in [0, 0.05) is 12.5 Å². The average molecular weight is 197 g/mol. The highest BCUT2D eigenvalue weighted by Crippen LogP contribution is 2.33. The first-order chi connectivity index (χ1) is 6.15. The monoisotopic (exact) mass is 197 g/mol. The highest BCUT2D eigenvalue weighted by Gasteiger charge is 2.32. The third-order valence-corrected chi connectivity index (χ3v) is 4.28. The molecule has 0 saturated carbocycles. The number of nitrogens with two attached hydrogens (primary N) is 1. The second kappa shape index (κ2) is 2.82. The van der Waals surface area contributed by atoms with Crippen LogP contribution in [0.5, 0.6) is 0 Å². The molecule has 1 aliphatic heterocycles. The van der Waals surface area contributed by atoms with Gasteiger partial charge in [-0.2, -0.15) is 0 Å². The first kappa shape index (κ1) is 8.72. The molecule has 1 aromatic rings. The maximum Gasteiger partial charge on any atom is 0.179 e. The molecule has 0 radical (unpaired) electrons. The normalized spacial score (nSPS) is 24.2. The molecular weight excluding hydrogens is 186 g/mol. The van der Waals surface area contributed by atoms with Crippen molar-refractivity contribution in [2.75, 3.05) is 12.3 Å². The third kappa shape index (κ3) is 1.26. The Bertz CT molecular complexity index is 425. The van der Waals surface area contributed by atoms with E-state index in [4.69, 9.17) is 5.73 Å². The molecule has 0 aromatic heterocycles. The fraction of sp³-hybridized carbons (Fsp3) is 0.333. The minimum absolute atomic E-state index is 0.0128. The number of rotatable bonds is 1. The fourth-order valence-electron chi connectivity index (χ4n) is 1.74. The Labute approximate surface area is 77.5 Å². The number of fused-ring (bicyclic) bond motifs is 1. The molecule has 0 aliphatic carbocycles. The van der Waals surface area contributed by atoms with Crippen LogP contribution in [0.25, 0.3) is 0 Å². The number of hydrogen-bond donors (Lipinski definition) is 1. The Morgan fingerprint density at radius 2 is 2.08 bits per heavy atom. The van der Waals surface area contributed by atoms with Crippen molar-refractivity contribution >= 4 is 9.84 Å². The summed E-state index contributed by atoms with van der Waals surface area (Å²) in [4.78, 5) is 0.463. The second-order valence-corrected chi connectivity index (χ2v) is 5.25. The summed E-state index contributed by atoms with van der Waals surface area (Å²) < 4.78 is 23.1. The Morgan fingerprint density at radius 1 is 1.38 bits per heavy atom. The van der Waals surface area contributed by atoms with Crippen molar-refractivity contribution in [1.29, 1.82) is 0 Å². The van der Waals surface area contributed by atoms with Crippen LogP contribution in [-0.2, 0) is 9.84 Å². The summed E-state index contributed by atoms with van der Waals surface area (Å²) in [6, 6.07) is 7.09. The van der Waals surface area contributed by atoms with Crippen molar-refractivity contribution in [2.45, 2.75) is 10.8 Å². The highest BCUT2D eigenvalue weighted by atomic mass is 32.2. The highest BCUT2D eigenvalue weighted by molar-refractivity contribution is 7.91. The standard InChI is InChI=1S/C9H11NO2S/c10-5-7-6-13(11,12)9-4-2-1-3-8(7)9/h1-4,7H,5-6,10H2/t7-/m1/s1. The third-order valence-electron chi connectivity index (χ3n) is 2.40. The van der Waals surface area contributed by atoms with Gasteiger partial charge < -0.3 is 5.73 Å². The summed E-state index contributed by atoms with van der Waals surface area (Å²) in [5.41, 5.74) is 6.38. The van der Waals surface area contributed by atoms with E-state index in [0.29, 0.717) is 11.4 Å². The number of benzene rings is 1. The molecule has 0 fully saturated rings. The topological polar surface area (TPSA) is 60.2 Å². The molecule has 0 amide bonds. The number of hydrogen-bond acceptors (Lipinski definition) is 3. The minimum atomic E-state index is -3.05. The van der Waals surface area contributed by atoms with Gasteiger partial charge in [-0.15, -0.1) is 0 Å². The quantitative estimate of drug-likeness (QED) is 0.713. The molecule has 2 N–H and O–H groups in total. The Morgan fingerprint density at radius 3 is 2.77 bits per heavy atom. The van der Waals surface area contributed by atoms with Crippen LogP contribution in [0.15, 0.2) is 29.2 Å². The predicted molar refractivity (Wildman–Crippen MR) is 50.3 cm³/mol. The van der Waals surface area contributed by atoms with Gasteiger partial charge in [0.05, 0.1) is 10.6 Å². The van der Waals surface area contributed by atoms with Gasteiger partial charge in [0.15, 0.2) is 9.84 Å². The molecule has 1 atom stereocenters. The minimum Gasteiger partial charge on any atom is -0.330 e. The predicted octanol–water partition coefficient (Wildman–Crippen LogP) is 0.516. The molecule has 1 aromatic carbocycles. The van der Waals surface area contributed by atoms with E-state index in [-0.39, 0.29) is 11.7 Å². The lowest BCUT2D eigenvalue weighted by molar-refractivity contribution is 0.597. The van der Waals surface area contributed by atoms with Crippen LogP contribution in [0.1, 0.15) is 11.5 Å². The largest absolute Gasteiger partial charge is 0.330 e. The van der Waals surface area contributed by atoms with Gasteiger partial charge >= 0.3 is 0 Å². The van der Waals surface area contributed by atoms with Crippen molar-refractivity contribution < 1.29 is 8.42 Å². The van der Waals surface area contributed by atoms with Crippen molar-refractivity contribution in [3.8, 4) is 0 Å². The lowest BCUT2D eigenvalue weighted by Gasteiger charge is -2.03. The van der Waals surface area contributed by atoms with Gasteiger partial charge in [0.1, 0.15) is 0 Å². The fourth-order valence-corrected chi connectivity index (χ4v) is 3.65. The van der Waals surface area contributed by atoms with Crippen molar-refractivity contribution in [2.24, 2.45) is 5.73 Å². The van der Waals surface area contributed by atoms with Crippen LogP contribution in [0, 0.1) is 0 Å².